The summed E-state index contributed by atoms with van der Waals surface area (Å²) >= 11 is 5.57. The third-order valence-corrected chi connectivity index (χ3v) is 1.30. The number of halogens is 1. The second kappa shape index (κ2) is 2.36. The van der Waals surface area contributed by atoms with Crippen molar-refractivity contribution in [3.63, 3.8) is 0 Å². The maximum atomic E-state index is 5.57. The molecule has 0 spiro atoms. The molecule has 1 nitrogen and oxygen atoms in total. The fraction of sp³-hybridized carbons (Fsp3) is 0. The van der Waals surface area contributed by atoms with Crippen LogP contribution in [-0.4, -0.2) is 4.98 Å². The molecule has 2 heteroatoms. The van der Waals surface area contributed by atoms with Crippen LogP contribution >= 0.6 is 11.6 Å². The molecule has 0 saturated carbocycles. The second-order valence-corrected chi connectivity index (χ2v) is 2.00. The van der Waals surface area contributed by atoms with Crippen molar-refractivity contribution in [2.75, 3.05) is 0 Å². The molecule has 0 aliphatic carbocycles. The van der Waals surface area contributed by atoms with Gasteiger partial charge in [0.1, 0.15) is 0 Å². The second-order valence-electron chi connectivity index (χ2n) is 1.59. The standard InChI is InChI=1S/C7H4ClN/c1-5-6(2)9-4-3-7(5)8/h1-4H. The minimum absolute atomic E-state index is 0.280. The molecular formula is C7H4ClN. The van der Waals surface area contributed by atoms with Crippen molar-refractivity contribution in [2.45, 2.75) is 0 Å². The van der Waals surface area contributed by atoms with E-state index in [-0.39, 0.29) is 5.69 Å². The van der Waals surface area contributed by atoms with Crippen molar-refractivity contribution in [2.24, 2.45) is 0 Å². The van der Waals surface area contributed by atoms with Crippen LogP contribution in [0.2, 0.25) is 5.02 Å². The molecule has 44 valence electrons. The van der Waals surface area contributed by atoms with Gasteiger partial charge in [-0.3, -0.25) is 4.98 Å². The number of hydrogen-bond donors (Lipinski definition) is 0. The van der Waals surface area contributed by atoms with Gasteiger partial charge in [0.25, 0.3) is 0 Å². The Balaban J connectivity index is 3.25. The lowest BCUT2D eigenvalue weighted by molar-refractivity contribution is 1.24. The molecule has 0 unspecified atom stereocenters. The summed E-state index contributed by atoms with van der Waals surface area (Å²) in [5.41, 5.74) is 0.627. The average molecular weight is 138 g/mol. The van der Waals surface area contributed by atoms with Crippen molar-refractivity contribution in [1.29, 1.82) is 0 Å². The number of rotatable bonds is 0. The maximum absolute atomic E-state index is 5.57. The molecule has 1 rings (SSSR count). The minimum atomic E-state index is 0.280. The molecule has 4 radical (unpaired) electrons. The normalized spacial score (nSPS) is 9.67. The molecule has 0 saturated heterocycles. The van der Waals surface area contributed by atoms with Gasteiger partial charge in [-0.1, -0.05) is 11.6 Å². The number of pyridine rings is 1. The summed E-state index contributed by atoms with van der Waals surface area (Å²) < 4.78 is 0. The van der Waals surface area contributed by atoms with Crippen LogP contribution in [-0.2, 0) is 0 Å². The van der Waals surface area contributed by atoms with Crippen molar-refractivity contribution in [3.05, 3.63) is 42.4 Å². The summed E-state index contributed by atoms with van der Waals surface area (Å²) in [6, 6.07) is 1.59. The van der Waals surface area contributed by atoms with E-state index in [2.05, 4.69) is 4.98 Å². The van der Waals surface area contributed by atoms with Crippen LogP contribution in [0, 0.1) is 13.8 Å². The first-order valence-corrected chi connectivity index (χ1v) is 2.75. The first-order chi connectivity index (χ1) is 4.22. The van der Waals surface area contributed by atoms with Crippen LogP contribution in [0.5, 0.6) is 0 Å². The van der Waals surface area contributed by atoms with Crippen molar-refractivity contribution >= 4 is 11.6 Å². The van der Waals surface area contributed by atoms with E-state index >= 15 is 0 Å². The van der Waals surface area contributed by atoms with Gasteiger partial charge in [0.2, 0.25) is 0 Å². The maximum Gasteiger partial charge on any atom is 0.0498 e. The highest BCUT2D eigenvalue weighted by molar-refractivity contribution is 6.31. The zero-order chi connectivity index (χ0) is 6.85. The SMILES string of the molecule is [CH]c1nccc(Cl)c1[CH]. The van der Waals surface area contributed by atoms with Gasteiger partial charge in [-0.05, 0) is 11.6 Å². The van der Waals surface area contributed by atoms with Crippen LogP contribution < -0.4 is 0 Å². The molecule has 0 bridgehead atoms. The highest BCUT2D eigenvalue weighted by atomic mass is 35.5. The summed E-state index contributed by atoms with van der Waals surface area (Å²) in [7, 11) is 0. The monoisotopic (exact) mass is 137 g/mol. The van der Waals surface area contributed by atoms with Crippen LogP contribution in [0.4, 0.5) is 0 Å². The Morgan fingerprint density at radius 3 is 2.56 bits per heavy atom. The highest BCUT2D eigenvalue weighted by Crippen LogP contribution is 2.14. The minimum Gasteiger partial charge on any atom is -0.261 e. The first-order valence-electron chi connectivity index (χ1n) is 2.37. The lowest BCUT2D eigenvalue weighted by Gasteiger charge is -1.97. The summed E-state index contributed by atoms with van der Waals surface area (Å²) in [5, 5.41) is 0.447. The van der Waals surface area contributed by atoms with Crippen molar-refractivity contribution < 1.29 is 0 Å². The molecule has 0 amide bonds. The zero-order valence-corrected chi connectivity index (χ0v) is 5.39. The zero-order valence-electron chi connectivity index (χ0n) is 4.63. The Labute approximate surface area is 59.7 Å². The topological polar surface area (TPSA) is 12.9 Å². The van der Waals surface area contributed by atoms with Crippen LogP contribution in [0.3, 0.4) is 0 Å². The van der Waals surface area contributed by atoms with Crippen LogP contribution in [0.15, 0.2) is 12.3 Å². The molecule has 0 aromatic carbocycles. The lowest BCUT2D eigenvalue weighted by Crippen LogP contribution is -1.84. The molecule has 1 heterocycles. The van der Waals surface area contributed by atoms with Gasteiger partial charge < -0.3 is 0 Å². The Hall–Kier alpha value is -0.560. The number of nitrogens with zero attached hydrogens (tertiary/aromatic N) is 1. The fourth-order valence-electron chi connectivity index (χ4n) is 0.465. The van der Waals surface area contributed by atoms with Crippen LogP contribution in [0.1, 0.15) is 11.3 Å². The molecule has 0 N–H and O–H groups in total. The van der Waals surface area contributed by atoms with E-state index in [1.165, 1.54) is 6.20 Å². The van der Waals surface area contributed by atoms with Gasteiger partial charge >= 0.3 is 0 Å². The molecular weight excluding hydrogens is 134 g/mol. The molecule has 1 aromatic heterocycles. The molecule has 0 aliphatic heterocycles. The Morgan fingerprint density at radius 2 is 2.11 bits per heavy atom. The third kappa shape index (κ3) is 1.22. The van der Waals surface area contributed by atoms with Crippen LogP contribution in [0.25, 0.3) is 0 Å². The summed E-state index contributed by atoms with van der Waals surface area (Å²) in [5.74, 6) is 0. The summed E-state index contributed by atoms with van der Waals surface area (Å²) in [6.45, 7) is 10.7. The number of hydrogen-bond acceptors (Lipinski definition) is 1. The van der Waals surface area contributed by atoms with E-state index in [1.807, 2.05) is 0 Å². The predicted molar refractivity (Wildman–Crippen MR) is 36.1 cm³/mol. The summed E-state index contributed by atoms with van der Waals surface area (Å²) in [4.78, 5) is 3.71. The largest absolute Gasteiger partial charge is 0.261 e. The molecule has 9 heavy (non-hydrogen) atoms. The van der Waals surface area contributed by atoms with Crippen molar-refractivity contribution in [1.82, 2.24) is 4.98 Å². The molecule has 0 fully saturated rings. The van der Waals surface area contributed by atoms with Gasteiger partial charge in [0.05, 0.1) is 0 Å². The van der Waals surface area contributed by atoms with Gasteiger partial charge in [-0.15, -0.1) is 0 Å². The van der Waals surface area contributed by atoms with Gasteiger partial charge in [-0.2, -0.15) is 0 Å². The van der Waals surface area contributed by atoms with Gasteiger partial charge in [-0.25, -0.2) is 0 Å². The molecule has 0 aliphatic rings. The third-order valence-electron chi connectivity index (χ3n) is 0.968. The van der Waals surface area contributed by atoms with E-state index in [4.69, 9.17) is 25.4 Å². The quantitative estimate of drug-likeness (QED) is 0.532. The molecule has 0 atom stereocenters. The Morgan fingerprint density at radius 1 is 1.44 bits per heavy atom. The lowest BCUT2D eigenvalue weighted by atomic mass is 10.2. The highest BCUT2D eigenvalue weighted by Gasteiger charge is 1.96. The predicted octanol–water partition coefficient (Wildman–Crippen LogP) is 1.85. The van der Waals surface area contributed by atoms with E-state index in [9.17, 15) is 0 Å². The van der Waals surface area contributed by atoms with E-state index in [0.29, 0.717) is 10.6 Å². The Kier molecular flexibility index (Phi) is 1.72. The fourth-order valence-corrected chi connectivity index (χ4v) is 0.618. The van der Waals surface area contributed by atoms with E-state index in [1.54, 1.807) is 6.07 Å². The van der Waals surface area contributed by atoms with E-state index in [0.717, 1.165) is 0 Å². The first kappa shape index (κ1) is 6.56. The Bertz CT molecular complexity index is 200. The van der Waals surface area contributed by atoms with E-state index < -0.39 is 0 Å². The smallest absolute Gasteiger partial charge is 0.0498 e. The van der Waals surface area contributed by atoms with Gasteiger partial charge in [0, 0.05) is 30.8 Å². The van der Waals surface area contributed by atoms with Gasteiger partial charge in [0.15, 0.2) is 0 Å². The average Bonchev–Trinajstić information content (AvgIpc) is 1.83. The molecule has 1 aromatic rings. The number of aromatic nitrogens is 1. The summed E-state index contributed by atoms with van der Waals surface area (Å²) in [6.07, 6.45) is 1.51. The van der Waals surface area contributed by atoms with Crippen molar-refractivity contribution in [3.8, 4) is 0 Å².